The second-order valence-corrected chi connectivity index (χ2v) is 9.40. The molecule has 1 saturated heterocycles. The molecule has 5 rings (SSSR count). The number of nitrogens with zero attached hydrogens (tertiary/aromatic N) is 6. The van der Waals surface area contributed by atoms with Crippen LogP contribution >= 0.6 is 0 Å². The van der Waals surface area contributed by atoms with Gasteiger partial charge < -0.3 is 14.5 Å². The molecule has 0 atom stereocenters. The highest BCUT2D eigenvalue weighted by molar-refractivity contribution is 7.93. The van der Waals surface area contributed by atoms with Crippen molar-refractivity contribution in [2.75, 3.05) is 42.4 Å². The van der Waals surface area contributed by atoms with Crippen molar-refractivity contribution in [3.8, 4) is 11.8 Å². The van der Waals surface area contributed by atoms with Crippen LogP contribution in [0.1, 0.15) is 5.56 Å². The Morgan fingerprint density at radius 2 is 1.74 bits per heavy atom. The second-order valence-electron chi connectivity index (χ2n) is 7.57. The summed E-state index contributed by atoms with van der Waals surface area (Å²) < 4.78 is 33.5. The number of sulfonamides is 1. The number of ether oxygens (including phenoxy) is 1. The highest BCUT2D eigenvalue weighted by Gasteiger charge is 2.36. The van der Waals surface area contributed by atoms with Gasteiger partial charge in [-0.2, -0.15) is 9.97 Å². The molecule has 0 spiro atoms. The Hall–Kier alpha value is -3.24. The molecule has 3 aromatic rings. The minimum absolute atomic E-state index is 0.0885. The number of likely N-dealkylation sites (N-methyl/N-ethyl adjacent to an activating group) is 1. The van der Waals surface area contributed by atoms with Crippen molar-refractivity contribution in [1.29, 1.82) is 0 Å². The quantitative estimate of drug-likeness (QED) is 0.612. The number of anilines is 2. The number of hydrogen-bond acceptors (Lipinski definition) is 8. The lowest BCUT2D eigenvalue weighted by atomic mass is 10.2. The van der Waals surface area contributed by atoms with E-state index in [0.29, 0.717) is 22.3 Å². The summed E-state index contributed by atoms with van der Waals surface area (Å²) in [7, 11) is -1.62. The lowest BCUT2D eigenvalue weighted by Gasteiger charge is -2.33. The van der Waals surface area contributed by atoms with Gasteiger partial charge in [-0.1, -0.05) is 18.2 Å². The monoisotopic (exact) mass is 438 g/mol. The molecule has 0 bridgehead atoms. The molecule has 0 unspecified atom stereocenters. The molecular formula is C21H22N6O3S. The average Bonchev–Trinajstić information content (AvgIpc) is 3.06. The Morgan fingerprint density at radius 1 is 0.968 bits per heavy atom. The van der Waals surface area contributed by atoms with Crippen molar-refractivity contribution in [1.82, 2.24) is 19.9 Å². The SMILES string of the molecule is CN1CCN(c2cc(N3Cc4ccccc4S3(=O)=O)nc(Oc3cccnc3)n2)CC1. The van der Waals surface area contributed by atoms with Crippen molar-refractivity contribution in [3.63, 3.8) is 0 Å². The Balaban J connectivity index is 1.55. The standard InChI is InChI=1S/C21H22N6O3S/c1-25-9-11-26(12-10-25)19-13-20(24-21(23-19)30-17-6-4-8-22-14-17)27-15-16-5-2-3-7-18(16)31(27,28)29/h2-8,13-14H,9-12,15H2,1H3. The molecule has 2 aromatic heterocycles. The molecular weight excluding hydrogens is 416 g/mol. The Morgan fingerprint density at radius 3 is 2.48 bits per heavy atom. The van der Waals surface area contributed by atoms with Crippen molar-refractivity contribution in [2.24, 2.45) is 0 Å². The number of aromatic nitrogens is 3. The van der Waals surface area contributed by atoms with E-state index in [0.717, 1.165) is 31.7 Å². The Bertz CT molecular complexity index is 1200. The predicted octanol–water partition coefficient (Wildman–Crippen LogP) is 2.12. The van der Waals surface area contributed by atoms with E-state index < -0.39 is 10.0 Å². The van der Waals surface area contributed by atoms with Crippen LogP contribution in [0.2, 0.25) is 0 Å². The van der Waals surface area contributed by atoms with E-state index in [9.17, 15) is 8.42 Å². The lowest BCUT2D eigenvalue weighted by Crippen LogP contribution is -2.45. The number of rotatable bonds is 4. The topological polar surface area (TPSA) is 91.8 Å². The molecule has 31 heavy (non-hydrogen) atoms. The van der Waals surface area contributed by atoms with E-state index in [1.807, 2.05) is 12.1 Å². The van der Waals surface area contributed by atoms with Gasteiger partial charge in [-0.3, -0.25) is 4.98 Å². The van der Waals surface area contributed by atoms with E-state index >= 15 is 0 Å². The maximum Gasteiger partial charge on any atom is 0.326 e. The van der Waals surface area contributed by atoms with Gasteiger partial charge in [0.05, 0.1) is 17.6 Å². The van der Waals surface area contributed by atoms with Gasteiger partial charge in [0.25, 0.3) is 10.0 Å². The zero-order valence-corrected chi connectivity index (χ0v) is 17.9. The van der Waals surface area contributed by atoms with Crippen LogP contribution in [-0.2, 0) is 16.6 Å². The summed E-state index contributed by atoms with van der Waals surface area (Å²) in [6.45, 7) is 3.58. The van der Waals surface area contributed by atoms with Crippen molar-refractivity contribution >= 4 is 21.7 Å². The van der Waals surface area contributed by atoms with Gasteiger partial charge in [0.1, 0.15) is 11.6 Å². The molecule has 2 aliphatic heterocycles. The number of hydrogen-bond donors (Lipinski definition) is 0. The van der Waals surface area contributed by atoms with Crippen LogP contribution in [0.25, 0.3) is 0 Å². The van der Waals surface area contributed by atoms with Gasteiger partial charge in [-0.25, -0.2) is 12.7 Å². The number of benzene rings is 1. The minimum Gasteiger partial charge on any atom is -0.423 e. The van der Waals surface area contributed by atoms with Crippen LogP contribution in [-0.4, -0.2) is 61.5 Å². The summed E-state index contributed by atoms with van der Waals surface area (Å²) in [5.41, 5.74) is 0.747. The van der Waals surface area contributed by atoms with Crippen molar-refractivity contribution in [3.05, 3.63) is 60.4 Å². The Kier molecular flexibility index (Phi) is 4.95. The van der Waals surface area contributed by atoms with Crippen molar-refractivity contribution < 1.29 is 13.2 Å². The first kappa shape index (κ1) is 19.7. The third-order valence-corrected chi connectivity index (χ3v) is 7.31. The predicted molar refractivity (Wildman–Crippen MR) is 116 cm³/mol. The molecule has 160 valence electrons. The number of piperazine rings is 1. The van der Waals surface area contributed by atoms with Crippen LogP contribution in [0.3, 0.4) is 0 Å². The first-order chi connectivity index (χ1) is 15.0. The third kappa shape index (κ3) is 3.79. The molecule has 4 heterocycles. The largest absolute Gasteiger partial charge is 0.423 e. The molecule has 0 saturated carbocycles. The van der Waals surface area contributed by atoms with Crippen LogP contribution in [0, 0.1) is 0 Å². The maximum absolute atomic E-state index is 13.2. The van der Waals surface area contributed by atoms with Crippen LogP contribution in [0.5, 0.6) is 11.8 Å². The van der Waals surface area contributed by atoms with Gasteiger partial charge in [0.2, 0.25) is 0 Å². The van der Waals surface area contributed by atoms with E-state index in [1.165, 1.54) is 4.31 Å². The summed E-state index contributed by atoms with van der Waals surface area (Å²) in [6.07, 6.45) is 3.21. The smallest absolute Gasteiger partial charge is 0.326 e. The van der Waals surface area contributed by atoms with Gasteiger partial charge >= 0.3 is 6.01 Å². The Labute approximate surface area is 181 Å². The fourth-order valence-electron chi connectivity index (χ4n) is 3.73. The first-order valence-corrected chi connectivity index (χ1v) is 11.5. The molecule has 9 nitrogen and oxygen atoms in total. The van der Waals surface area contributed by atoms with E-state index in [1.54, 1.807) is 42.7 Å². The summed E-state index contributed by atoms with van der Waals surface area (Å²) in [5, 5.41) is 0. The normalized spacial score (nSPS) is 18.1. The highest BCUT2D eigenvalue weighted by atomic mass is 32.2. The molecule has 0 N–H and O–H groups in total. The van der Waals surface area contributed by atoms with Gasteiger partial charge in [-0.05, 0) is 30.8 Å². The van der Waals surface area contributed by atoms with Crippen LogP contribution in [0.4, 0.5) is 11.6 Å². The van der Waals surface area contributed by atoms with Crippen LogP contribution < -0.4 is 13.9 Å². The summed E-state index contributed by atoms with van der Waals surface area (Å²) in [4.78, 5) is 17.7. The molecule has 1 aromatic carbocycles. The molecule has 1 fully saturated rings. The zero-order valence-electron chi connectivity index (χ0n) is 17.0. The van der Waals surface area contributed by atoms with Crippen molar-refractivity contribution in [2.45, 2.75) is 11.4 Å². The summed E-state index contributed by atoms with van der Waals surface area (Å²) >= 11 is 0. The average molecular weight is 439 g/mol. The van der Waals surface area contributed by atoms with Gasteiger partial charge in [0.15, 0.2) is 5.82 Å². The maximum atomic E-state index is 13.2. The lowest BCUT2D eigenvalue weighted by molar-refractivity contribution is 0.311. The molecule has 2 aliphatic rings. The van der Waals surface area contributed by atoms with Crippen LogP contribution in [0.15, 0.2) is 59.8 Å². The summed E-state index contributed by atoms with van der Waals surface area (Å²) in [5.74, 6) is 1.42. The molecule has 0 radical (unpaired) electrons. The molecule has 0 aliphatic carbocycles. The van der Waals surface area contributed by atoms with E-state index in [4.69, 9.17) is 4.74 Å². The van der Waals surface area contributed by atoms with Gasteiger partial charge in [0, 0.05) is 38.4 Å². The fourth-order valence-corrected chi connectivity index (χ4v) is 5.33. The van der Waals surface area contributed by atoms with E-state index in [2.05, 4.69) is 31.8 Å². The molecule has 10 heteroatoms. The fraction of sp³-hybridized carbons (Fsp3) is 0.286. The minimum atomic E-state index is -3.70. The second kappa shape index (κ2) is 7.78. The molecule has 0 amide bonds. The third-order valence-electron chi connectivity index (χ3n) is 5.46. The zero-order chi connectivity index (χ0) is 21.4. The highest BCUT2D eigenvalue weighted by Crippen LogP contribution is 2.35. The number of pyridine rings is 1. The van der Waals surface area contributed by atoms with Gasteiger partial charge in [-0.15, -0.1) is 0 Å². The van der Waals surface area contributed by atoms with E-state index in [-0.39, 0.29) is 12.6 Å². The summed E-state index contributed by atoms with van der Waals surface area (Å²) in [6, 6.07) is 12.3. The first-order valence-electron chi connectivity index (χ1n) is 10.0. The number of fused-ring (bicyclic) bond motifs is 1.